The van der Waals surface area contributed by atoms with E-state index in [2.05, 4.69) is 10.3 Å². The van der Waals surface area contributed by atoms with Crippen LogP contribution < -0.4 is 5.32 Å². The van der Waals surface area contributed by atoms with Gasteiger partial charge in [0.1, 0.15) is 11.0 Å². The van der Waals surface area contributed by atoms with Crippen molar-refractivity contribution in [2.24, 2.45) is 0 Å². The SMILES string of the molecule is Fc1cccc(Nc2nc(Cl)cs2)c1I. The van der Waals surface area contributed by atoms with Gasteiger partial charge in [0.15, 0.2) is 5.13 Å². The van der Waals surface area contributed by atoms with Crippen LogP contribution in [-0.2, 0) is 0 Å². The zero-order valence-electron chi connectivity index (χ0n) is 7.30. The van der Waals surface area contributed by atoms with Crippen molar-refractivity contribution in [3.8, 4) is 0 Å². The number of hydrogen-bond donors (Lipinski definition) is 1. The van der Waals surface area contributed by atoms with E-state index in [1.165, 1.54) is 17.4 Å². The van der Waals surface area contributed by atoms with E-state index in [9.17, 15) is 4.39 Å². The number of aromatic nitrogens is 1. The van der Waals surface area contributed by atoms with Crippen molar-refractivity contribution in [1.29, 1.82) is 0 Å². The largest absolute Gasteiger partial charge is 0.331 e. The van der Waals surface area contributed by atoms with Gasteiger partial charge < -0.3 is 5.32 Å². The number of hydrogen-bond acceptors (Lipinski definition) is 3. The summed E-state index contributed by atoms with van der Waals surface area (Å²) in [6, 6.07) is 4.86. The van der Waals surface area contributed by atoms with Crippen LogP contribution >= 0.6 is 45.5 Å². The summed E-state index contributed by atoms with van der Waals surface area (Å²) in [5, 5.41) is 5.82. The number of halogens is 3. The molecule has 1 aromatic heterocycles. The Morgan fingerprint density at radius 1 is 1.47 bits per heavy atom. The molecule has 2 nitrogen and oxygen atoms in total. The molecule has 0 unspecified atom stereocenters. The van der Waals surface area contributed by atoms with E-state index in [-0.39, 0.29) is 5.82 Å². The van der Waals surface area contributed by atoms with Crippen LogP contribution in [0.15, 0.2) is 23.6 Å². The predicted molar refractivity (Wildman–Crippen MR) is 69.5 cm³/mol. The molecule has 0 atom stereocenters. The maximum Gasteiger partial charge on any atom is 0.188 e. The Kier molecular flexibility index (Phi) is 3.42. The fourth-order valence-electron chi connectivity index (χ4n) is 1.03. The molecule has 1 heterocycles. The molecule has 0 saturated heterocycles. The van der Waals surface area contributed by atoms with Gasteiger partial charge >= 0.3 is 0 Å². The molecule has 2 rings (SSSR count). The zero-order chi connectivity index (χ0) is 10.8. The first kappa shape index (κ1) is 11.1. The third kappa shape index (κ3) is 2.59. The third-order valence-corrected chi connectivity index (χ3v) is 3.85. The zero-order valence-corrected chi connectivity index (χ0v) is 11.0. The van der Waals surface area contributed by atoms with Gasteiger partial charge in [-0.25, -0.2) is 9.37 Å². The maximum absolute atomic E-state index is 13.2. The first-order valence-electron chi connectivity index (χ1n) is 3.99. The van der Waals surface area contributed by atoms with Gasteiger partial charge in [0.2, 0.25) is 0 Å². The monoisotopic (exact) mass is 354 g/mol. The Hall–Kier alpha value is -0.400. The number of anilines is 2. The van der Waals surface area contributed by atoms with Crippen LogP contribution in [0.5, 0.6) is 0 Å². The fraction of sp³-hybridized carbons (Fsp3) is 0. The lowest BCUT2D eigenvalue weighted by molar-refractivity contribution is 0.621. The molecule has 0 saturated carbocycles. The van der Waals surface area contributed by atoms with Crippen LogP contribution in [0.1, 0.15) is 0 Å². The highest BCUT2D eigenvalue weighted by Crippen LogP contribution is 2.27. The summed E-state index contributed by atoms with van der Waals surface area (Å²) in [5.41, 5.74) is 0.696. The van der Waals surface area contributed by atoms with Crippen LogP contribution in [-0.4, -0.2) is 4.98 Å². The molecule has 0 spiro atoms. The van der Waals surface area contributed by atoms with Crippen LogP contribution in [0, 0.1) is 9.39 Å². The number of nitrogens with zero attached hydrogens (tertiary/aromatic N) is 1. The summed E-state index contributed by atoms with van der Waals surface area (Å²) in [7, 11) is 0. The van der Waals surface area contributed by atoms with E-state index in [1.54, 1.807) is 17.5 Å². The predicted octanol–water partition coefficient (Wildman–Crippen LogP) is 4.28. The van der Waals surface area contributed by atoms with E-state index in [4.69, 9.17) is 11.6 Å². The molecule has 0 aliphatic carbocycles. The van der Waals surface area contributed by atoms with Crippen molar-refractivity contribution in [2.45, 2.75) is 0 Å². The summed E-state index contributed by atoms with van der Waals surface area (Å²) in [6.45, 7) is 0. The minimum absolute atomic E-state index is 0.247. The maximum atomic E-state index is 13.2. The number of rotatable bonds is 2. The van der Waals surface area contributed by atoms with Crippen molar-refractivity contribution in [2.75, 3.05) is 5.32 Å². The summed E-state index contributed by atoms with van der Waals surface area (Å²) in [6.07, 6.45) is 0. The van der Waals surface area contributed by atoms with Gasteiger partial charge in [-0.1, -0.05) is 17.7 Å². The minimum atomic E-state index is -0.247. The molecule has 0 aliphatic heterocycles. The second-order valence-corrected chi connectivity index (χ2v) is 5.03. The summed E-state index contributed by atoms with van der Waals surface area (Å²) < 4.78 is 13.7. The fourth-order valence-corrected chi connectivity index (χ4v) is 2.37. The normalized spacial score (nSPS) is 10.3. The van der Waals surface area contributed by atoms with Crippen LogP contribution in [0.2, 0.25) is 5.15 Å². The molecule has 0 radical (unpaired) electrons. The Morgan fingerprint density at radius 2 is 2.27 bits per heavy atom. The third-order valence-electron chi connectivity index (χ3n) is 1.67. The van der Waals surface area contributed by atoms with E-state index in [1.807, 2.05) is 22.6 Å². The Labute approximate surface area is 109 Å². The van der Waals surface area contributed by atoms with Crippen molar-refractivity contribution in [3.63, 3.8) is 0 Å². The first-order chi connectivity index (χ1) is 7.16. The molecule has 0 bridgehead atoms. The Balaban J connectivity index is 2.28. The number of thiazole rings is 1. The molecule has 2 aromatic rings. The summed E-state index contributed by atoms with van der Waals surface area (Å²) in [5.74, 6) is -0.247. The lowest BCUT2D eigenvalue weighted by Crippen LogP contribution is -1.94. The topological polar surface area (TPSA) is 24.9 Å². The molecule has 78 valence electrons. The molecular weight excluding hydrogens is 350 g/mol. The second-order valence-electron chi connectivity index (χ2n) is 2.70. The highest BCUT2D eigenvalue weighted by atomic mass is 127. The first-order valence-corrected chi connectivity index (χ1v) is 6.32. The minimum Gasteiger partial charge on any atom is -0.331 e. The van der Waals surface area contributed by atoms with Gasteiger partial charge in [0.25, 0.3) is 0 Å². The Bertz CT molecular complexity index is 489. The van der Waals surface area contributed by atoms with Gasteiger partial charge in [-0.3, -0.25) is 0 Å². The lowest BCUT2D eigenvalue weighted by Gasteiger charge is -2.05. The van der Waals surface area contributed by atoms with Crippen molar-refractivity contribution < 1.29 is 4.39 Å². The molecule has 15 heavy (non-hydrogen) atoms. The van der Waals surface area contributed by atoms with E-state index < -0.39 is 0 Å². The molecule has 1 N–H and O–H groups in total. The van der Waals surface area contributed by atoms with Crippen LogP contribution in [0.3, 0.4) is 0 Å². The molecule has 0 fully saturated rings. The highest BCUT2D eigenvalue weighted by Gasteiger charge is 2.06. The lowest BCUT2D eigenvalue weighted by atomic mass is 10.3. The van der Waals surface area contributed by atoms with Gasteiger partial charge in [-0.2, -0.15) is 0 Å². The van der Waals surface area contributed by atoms with Gasteiger partial charge in [-0.05, 0) is 34.7 Å². The second kappa shape index (κ2) is 4.63. The molecular formula is C9H5ClFIN2S. The summed E-state index contributed by atoms with van der Waals surface area (Å²) >= 11 is 9.00. The van der Waals surface area contributed by atoms with E-state index in [0.717, 1.165) is 0 Å². The average molecular weight is 355 g/mol. The van der Waals surface area contributed by atoms with Gasteiger partial charge in [0.05, 0.1) is 9.26 Å². The van der Waals surface area contributed by atoms with Gasteiger partial charge in [0, 0.05) is 5.38 Å². The molecule has 0 aliphatic rings. The summed E-state index contributed by atoms with van der Waals surface area (Å²) in [4.78, 5) is 4.02. The quantitative estimate of drug-likeness (QED) is 0.814. The van der Waals surface area contributed by atoms with Gasteiger partial charge in [-0.15, -0.1) is 11.3 Å². The van der Waals surface area contributed by atoms with Crippen molar-refractivity contribution in [3.05, 3.63) is 38.1 Å². The highest BCUT2D eigenvalue weighted by molar-refractivity contribution is 14.1. The standard InChI is InChI=1S/C9H5ClFIN2S/c10-7-4-15-9(14-7)13-6-3-1-2-5(11)8(6)12/h1-4H,(H,13,14). The average Bonchev–Trinajstić information content (AvgIpc) is 2.59. The van der Waals surface area contributed by atoms with Crippen molar-refractivity contribution >= 4 is 56.3 Å². The smallest absolute Gasteiger partial charge is 0.188 e. The number of nitrogens with one attached hydrogen (secondary N) is 1. The van der Waals surface area contributed by atoms with Crippen LogP contribution in [0.25, 0.3) is 0 Å². The van der Waals surface area contributed by atoms with E-state index >= 15 is 0 Å². The van der Waals surface area contributed by atoms with E-state index in [0.29, 0.717) is 19.5 Å². The van der Waals surface area contributed by atoms with Crippen LogP contribution in [0.4, 0.5) is 15.2 Å². The molecule has 6 heteroatoms. The molecule has 1 aromatic carbocycles. The molecule has 0 amide bonds. The number of benzene rings is 1. The Morgan fingerprint density at radius 3 is 2.93 bits per heavy atom. The van der Waals surface area contributed by atoms with Crippen molar-refractivity contribution in [1.82, 2.24) is 4.98 Å².